The standard InChI is InChI=1S/C15H23FN2O/c1-10-4-5-13(16)6-14(10)15(7-17)18-8-11(2)19-12(3)9-18/h4-6,11-12,15H,7-9,17H2,1-3H3/t11-,12+,15?. The fraction of sp³-hybridized carbons (Fsp3) is 0.600. The van der Waals surface area contributed by atoms with Crippen LogP contribution < -0.4 is 5.73 Å². The van der Waals surface area contributed by atoms with Gasteiger partial charge in [-0.2, -0.15) is 0 Å². The van der Waals surface area contributed by atoms with Gasteiger partial charge in [-0.25, -0.2) is 4.39 Å². The van der Waals surface area contributed by atoms with Gasteiger partial charge in [0.2, 0.25) is 0 Å². The van der Waals surface area contributed by atoms with Crippen LogP contribution in [-0.4, -0.2) is 36.7 Å². The molecule has 19 heavy (non-hydrogen) atoms. The van der Waals surface area contributed by atoms with Crippen molar-refractivity contribution in [2.75, 3.05) is 19.6 Å². The van der Waals surface area contributed by atoms with Gasteiger partial charge in [-0.3, -0.25) is 4.90 Å². The minimum Gasteiger partial charge on any atom is -0.373 e. The van der Waals surface area contributed by atoms with E-state index in [-0.39, 0.29) is 24.1 Å². The summed E-state index contributed by atoms with van der Waals surface area (Å²) in [6.07, 6.45) is 0.373. The molecule has 0 saturated carbocycles. The van der Waals surface area contributed by atoms with Gasteiger partial charge in [0.25, 0.3) is 0 Å². The molecule has 1 unspecified atom stereocenters. The number of aryl methyl sites for hydroxylation is 1. The average Bonchev–Trinajstić information content (AvgIpc) is 2.33. The topological polar surface area (TPSA) is 38.5 Å². The van der Waals surface area contributed by atoms with Gasteiger partial charge in [-0.1, -0.05) is 6.07 Å². The predicted octanol–water partition coefficient (Wildman–Crippen LogP) is 2.24. The number of nitrogens with two attached hydrogens (primary N) is 1. The first kappa shape index (κ1) is 14.4. The number of halogens is 1. The Morgan fingerprint density at radius 2 is 2.00 bits per heavy atom. The zero-order valence-electron chi connectivity index (χ0n) is 11.9. The number of nitrogens with zero attached hydrogens (tertiary/aromatic N) is 1. The second kappa shape index (κ2) is 5.99. The van der Waals surface area contributed by atoms with Crippen LogP contribution in [0.15, 0.2) is 18.2 Å². The van der Waals surface area contributed by atoms with Crippen molar-refractivity contribution in [1.82, 2.24) is 4.90 Å². The molecule has 1 aromatic rings. The molecule has 0 bridgehead atoms. The van der Waals surface area contributed by atoms with Crippen molar-refractivity contribution in [2.24, 2.45) is 5.73 Å². The van der Waals surface area contributed by atoms with Gasteiger partial charge in [-0.15, -0.1) is 0 Å². The molecule has 106 valence electrons. The molecule has 2 N–H and O–H groups in total. The van der Waals surface area contributed by atoms with E-state index in [9.17, 15) is 4.39 Å². The second-order valence-electron chi connectivity index (χ2n) is 5.46. The van der Waals surface area contributed by atoms with E-state index in [0.717, 1.165) is 24.2 Å². The molecule has 3 atom stereocenters. The van der Waals surface area contributed by atoms with Gasteiger partial charge in [-0.05, 0) is 44.0 Å². The van der Waals surface area contributed by atoms with E-state index in [0.29, 0.717) is 6.54 Å². The monoisotopic (exact) mass is 266 g/mol. The van der Waals surface area contributed by atoms with Gasteiger partial charge in [0.1, 0.15) is 5.82 Å². The fourth-order valence-electron chi connectivity index (χ4n) is 2.92. The zero-order valence-corrected chi connectivity index (χ0v) is 11.9. The summed E-state index contributed by atoms with van der Waals surface area (Å²) < 4.78 is 19.2. The molecule has 0 aromatic heterocycles. The average molecular weight is 266 g/mol. The highest BCUT2D eigenvalue weighted by Gasteiger charge is 2.28. The predicted molar refractivity (Wildman–Crippen MR) is 74.5 cm³/mol. The van der Waals surface area contributed by atoms with Crippen molar-refractivity contribution < 1.29 is 9.13 Å². The van der Waals surface area contributed by atoms with E-state index in [1.165, 1.54) is 6.07 Å². The van der Waals surface area contributed by atoms with Crippen LogP contribution >= 0.6 is 0 Å². The minimum atomic E-state index is -0.201. The van der Waals surface area contributed by atoms with E-state index in [2.05, 4.69) is 18.7 Å². The Bertz CT molecular complexity index is 428. The largest absolute Gasteiger partial charge is 0.373 e. The summed E-state index contributed by atoms with van der Waals surface area (Å²) in [5, 5.41) is 0. The molecular formula is C15H23FN2O. The highest BCUT2D eigenvalue weighted by Crippen LogP contribution is 2.27. The number of hydrogen-bond donors (Lipinski definition) is 1. The van der Waals surface area contributed by atoms with E-state index in [4.69, 9.17) is 10.5 Å². The van der Waals surface area contributed by atoms with Crippen LogP contribution in [0.5, 0.6) is 0 Å². The summed E-state index contributed by atoms with van der Waals surface area (Å²) in [5.41, 5.74) is 8.02. The Hall–Kier alpha value is -0.970. The van der Waals surface area contributed by atoms with E-state index in [1.807, 2.05) is 13.0 Å². The summed E-state index contributed by atoms with van der Waals surface area (Å²) in [7, 11) is 0. The van der Waals surface area contributed by atoms with Crippen LogP contribution in [0.25, 0.3) is 0 Å². The summed E-state index contributed by atoms with van der Waals surface area (Å²) in [4.78, 5) is 2.31. The van der Waals surface area contributed by atoms with Crippen molar-refractivity contribution in [3.8, 4) is 0 Å². The Morgan fingerprint density at radius 1 is 1.37 bits per heavy atom. The lowest BCUT2D eigenvalue weighted by Gasteiger charge is -2.40. The molecule has 0 amide bonds. The summed E-state index contributed by atoms with van der Waals surface area (Å²) in [6.45, 7) is 8.29. The summed E-state index contributed by atoms with van der Waals surface area (Å²) in [5.74, 6) is -0.201. The lowest BCUT2D eigenvalue weighted by atomic mass is 9.98. The third kappa shape index (κ3) is 3.32. The lowest BCUT2D eigenvalue weighted by molar-refractivity contribution is -0.0800. The molecular weight excluding hydrogens is 243 g/mol. The normalized spacial score (nSPS) is 26.4. The SMILES string of the molecule is Cc1ccc(F)cc1C(CN)N1C[C@@H](C)O[C@@H](C)C1. The highest BCUT2D eigenvalue weighted by atomic mass is 19.1. The van der Waals surface area contributed by atoms with Gasteiger partial charge in [0.05, 0.1) is 12.2 Å². The number of benzene rings is 1. The minimum absolute atomic E-state index is 0.0597. The first-order valence-corrected chi connectivity index (χ1v) is 6.87. The van der Waals surface area contributed by atoms with Gasteiger partial charge in [0, 0.05) is 25.7 Å². The maximum absolute atomic E-state index is 13.5. The lowest BCUT2D eigenvalue weighted by Crippen LogP contribution is -2.48. The Morgan fingerprint density at radius 3 is 2.58 bits per heavy atom. The molecule has 0 aliphatic carbocycles. The smallest absolute Gasteiger partial charge is 0.123 e. The van der Waals surface area contributed by atoms with Crippen LogP contribution in [0.2, 0.25) is 0 Å². The molecule has 0 radical (unpaired) electrons. The van der Waals surface area contributed by atoms with Crippen molar-refractivity contribution in [3.63, 3.8) is 0 Å². The van der Waals surface area contributed by atoms with Gasteiger partial charge in [0.15, 0.2) is 0 Å². The number of rotatable bonds is 3. The maximum Gasteiger partial charge on any atom is 0.123 e. The number of hydrogen-bond acceptors (Lipinski definition) is 3. The Balaban J connectivity index is 2.26. The Labute approximate surface area is 114 Å². The number of morpholine rings is 1. The van der Waals surface area contributed by atoms with Gasteiger partial charge < -0.3 is 10.5 Å². The fourth-order valence-corrected chi connectivity index (χ4v) is 2.92. The van der Waals surface area contributed by atoms with Crippen LogP contribution in [0, 0.1) is 12.7 Å². The molecule has 1 saturated heterocycles. The molecule has 2 rings (SSSR count). The van der Waals surface area contributed by atoms with E-state index >= 15 is 0 Å². The van der Waals surface area contributed by atoms with Gasteiger partial charge >= 0.3 is 0 Å². The molecule has 1 aliphatic heterocycles. The first-order valence-electron chi connectivity index (χ1n) is 6.87. The molecule has 1 aliphatic rings. The van der Waals surface area contributed by atoms with Crippen molar-refractivity contribution >= 4 is 0 Å². The maximum atomic E-state index is 13.5. The van der Waals surface area contributed by atoms with Crippen molar-refractivity contribution in [1.29, 1.82) is 0 Å². The van der Waals surface area contributed by atoms with Crippen LogP contribution in [-0.2, 0) is 4.74 Å². The van der Waals surface area contributed by atoms with Crippen LogP contribution in [0.3, 0.4) is 0 Å². The van der Waals surface area contributed by atoms with Crippen LogP contribution in [0.4, 0.5) is 4.39 Å². The molecule has 1 fully saturated rings. The highest BCUT2D eigenvalue weighted by molar-refractivity contribution is 5.30. The first-order chi connectivity index (χ1) is 9.01. The zero-order chi connectivity index (χ0) is 14.0. The van der Waals surface area contributed by atoms with Crippen LogP contribution in [0.1, 0.15) is 31.0 Å². The summed E-state index contributed by atoms with van der Waals surface area (Å²) in [6, 6.07) is 4.99. The third-order valence-corrected chi connectivity index (χ3v) is 3.71. The quantitative estimate of drug-likeness (QED) is 0.912. The molecule has 3 nitrogen and oxygen atoms in total. The Kier molecular flexibility index (Phi) is 4.55. The molecule has 0 spiro atoms. The van der Waals surface area contributed by atoms with Crippen molar-refractivity contribution in [2.45, 2.75) is 39.0 Å². The van der Waals surface area contributed by atoms with E-state index in [1.54, 1.807) is 6.07 Å². The summed E-state index contributed by atoms with van der Waals surface area (Å²) >= 11 is 0. The second-order valence-corrected chi connectivity index (χ2v) is 5.46. The molecule has 1 aromatic carbocycles. The molecule has 4 heteroatoms. The number of ether oxygens (including phenoxy) is 1. The van der Waals surface area contributed by atoms with E-state index < -0.39 is 0 Å². The third-order valence-electron chi connectivity index (χ3n) is 3.71. The van der Waals surface area contributed by atoms with Crippen molar-refractivity contribution in [3.05, 3.63) is 35.1 Å². The molecule has 1 heterocycles.